The lowest BCUT2D eigenvalue weighted by Gasteiger charge is -2.05. The predicted octanol–water partition coefficient (Wildman–Crippen LogP) is 3.21. The molecule has 0 saturated carbocycles. The third-order valence-corrected chi connectivity index (χ3v) is 4.27. The van der Waals surface area contributed by atoms with Gasteiger partial charge < -0.3 is 15.5 Å². The standard InChI is InChI=1S/C12H12BrNO2S/c13-9-3-4-17-12(9)7-14-6-8-1-2-10(15)11(16)5-8/h1-5,14-16H,6-7H2. The molecule has 0 aliphatic rings. The molecule has 0 saturated heterocycles. The minimum absolute atomic E-state index is 0.0818. The fourth-order valence-electron chi connectivity index (χ4n) is 1.45. The van der Waals surface area contributed by atoms with E-state index in [1.165, 1.54) is 10.9 Å². The lowest BCUT2D eigenvalue weighted by atomic mass is 10.2. The van der Waals surface area contributed by atoms with Crippen molar-refractivity contribution >= 4 is 27.3 Å². The molecule has 0 aliphatic heterocycles. The summed E-state index contributed by atoms with van der Waals surface area (Å²) in [5.41, 5.74) is 0.938. The molecule has 0 bridgehead atoms. The van der Waals surface area contributed by atoms with Crippen molar-refractivity contribution in [2.24, 2.45) is 0 Å². The van der Waals surface area contributed by atoms with Gasteiger partial charge in [-0.3, -0.25) is 0 Å². The third kappa shape index (κ3) is 3.21. The summed E-state index contributed by atoms with van der Waals surface area (Å²) in [7, 11) is 0. The first-order chi connectivity index (χ1) is 8.16. The lowest BCUT2D eigenvalue weighted by molar-refractivity contribution is 0.403. The quantitative estimate of drug-likeness (QED) is 0.760. The van der Waals surface area contributed by atoms with Crippen molar-refractivity contribution < 1.29 is 10.2 Å². The Morgan fingerprint density at radius 3 is 2.59 bits per heavy atom. The zero-order chi connectivity index (χ0) is 12.3. The normalized spacial score (nSPS) is 10.6. The van der Waals surface area contributed by atoms with E-state index in [1.807, 2.05) is 11.4 Å². The third-order valence-electron chi connectivity index (χ3n) is 2.35. The van der Waals surface area contributed by atoms with Gasteiger partial charge in [-0.25, -0.2) is 0 Å². The number of thiophene rings is 1. The Morgan fingerprint density at radius 1 is 1.12 bits per heavy atom. The molecular weight excluding hydrogens is 302 g/mol. The van der Waals surface area contributed by atoms with E-state index in [9.17, 15) is 10.2 Å². The van der Waals surface area contributed by atoms with Gasteiger partial charge in [-0.05, 0) is 45.1 Å². The van der Waals surface area contributed by atoms with Gasteiger partial charge in [0.1, 0.15) is 0 Å². The van der Waals surface area contributed by atoms with Crippen LogP contribution in [-0.4, -0.2) is 10.2 Å². The van der Waals surface area contributed by atoms with Gasteiger partial charge in [0.05, 0.1) is 0 Å². The average molecular weight is 314 g/mol. The van der Waals surface area contributed by atoms with Crippen LogP contribution in [0.2, 0.25) is 0 Å². The molecule has 3 N–H and O–H groups in total. The maximum absolute atomic E-state index is 9.34. The van der Waals surface area contributed by atoms with Gasteiger partial charge in [0.15, 0.2) is 11.5 Å². The van der Waals surface area contributed by atoms with Crippen molar-refractivity contribution in [1.82, 2.24) is 5.32 Å². The fraction of sp³-hybridized carbons (Fsp3) is 0.167. The Balaban J connectivity index is 1.90. The van der Waals surface area contributed by atoms with E-state index in [1.54, 1.807) is 23.5 Å². The monoisotopic (exact) mass is 313 g/mol. The molecule has 5 heteroatoms. The van der Waals surface area contributed by atoms with Crippen LogP contribution in [0.4, 0.5) is 0 Å². The van der Waals surface area contributed by atoms with Crippen LogP contribution in [0.5, 0.6) is 11.5 Å². The Morgan fingerprint density at radius 2 is 1.94 bits per heavy atom. The number of aromatic hydroxyl groups is 2. The van der Waals surface area contributed by atoms with E-state index in [-0.39, 0.29) is 11.5 Å². The molecule has 90 valence electrons. The summed E-state index contributed by atoms with van der Waals surface area (Å²) in [6.45, 7) is 1.43. The zero-order valence-corrected chi connectivity index (χ0v) is 11.4. The largest absolute Gasteiger partial charge is 0.504 e. The molecule has 1 aromatic carbocycles. The number of phenols is 2. The summed E-state index contributed by atoms with van der Waals surface area (Å²) in [5.74, 6) is -0.170. The van der Waals surface area contributed by atoms with Crippen molar-refractivity contribution in [1.29, 1.82) is 0 Å². The second-order valence-electron chi connectivity index (χ2n) is 3.62. The molecule has 0 spiro atoms. The first-order valence-corrected chi connectivity index (χ1v) is 6.77. The van der Waals surface area contributed by atoms with Crippen LogP contribution in [-0.2, 0) is 13.1 Å². The van der Waals surface area contributed by atoms with Gasteiger partial charge in [0.25, 0.3) is 0 Å². The van der Waals surface area contributed by atoms with Gasteiger partial charge in [-0.15, -0.1) is 11.3 Å². The van der Waals surface area contributed by atoms with Gasteiger partial charge in [-0.2, -0.15) is 0 Å². The summed E-state index contributed by atoms with van der Waals surface area (Å²) in [6.07, 6.45) is 0. The van der Waals surface area contributed by atoms with Crippen LogP contribution >= 0.6 is 27.3 Å². The Bertz CT molecular complexity index is 513. The molecule has 0 fully saturated rings. The van der Waals surface area contributed by atoms with Gasteiger partial charge in [0, 0.05) is 22.4 Å². The number of phenolic OH excluding ortho intramolecular Hbond substituents is 2. The number of nitrogens with one attached hydrogen (secondary N) is 1. The smallest absolute Gasteiger partial charge is 0.157 e. The van der Waals surface area contributed by atoms with Crippen molar-refractivity contribution in [3.8, 4) is 11.5 Å². The first kappa shape index (κ1) is 12.4. The highest BCUT2D eigenvalue weighted by Gasteiger charge is 2.02. The SMILES string of the molecule is Oc1ccc(CNCc2sccc2Br)cc1O. The molecule has 0 amide bonds. The highest BCUT2D eigenvalue weighted by molar-refractivity contribution is 9.10. The molecule has 0 unspecified atom stereocenters. The molecular formula is C12H12BrNO2S. The highest BCUT2D eigenvalue weighted by atomic mass is 79.9. The number of halogens is 1. The van der Waals surface area contributed by atoms with Crippen molar-refractivity contribution in [3.63, 3.8) is 0 Å². The van der Waals surface area contributed by atoms with Crippen LogP contribution in [0.3, 0.4) is 0 Å². The molecule has 2 aromatic rings. The Hall–Kier alpha value is -1.04. The molecule has 1 aromatic heterocycles. The van der Waals surface area contributed by atoms with E-state index >= 15 is 0 Å². The Labute approximate surface area is 112 Å². The van der Waals surface area contributed by atoms with Crippen molar-refractivity contribution in [3.05, 3.63) is 44.6 Å². The van der Waals surface area contributed by atoms with E-state index in [2.05, 4.69) is 21.2 Å². The van der Waals surface area contributed by atoms with Crippen LogP contribution in [0.15, 0.2) is 34.1 Å². The number of hydrogen-bond donors (Lipinski definition) is 3. The molecule has 2 rings (SSSR count). The van der Waals surface area contributed by atoms with Crippen LogP contribution in [0.25, 0.3) is 0 Å². The fourth-order valence-corrected chi connectivity index (χ4v) is 2.91. The minimum Gasteiger partial charge on any atom is -0.504 e. The van der Waals surface area contributed by atoms with Crippen molar-refractivity contribution in [2.75, 3.05) is 0 Å². The maximum Gasteiger partial charge on any atom is 0.157 e. The van der Waals surface area contributed by atoms with E-state index < -0.39 is 0 Å². The second kappa shape index (κ2) is 5.53. The minimum atomic E-state index is -0.0882. The number of benzene rings is 1. The predicted molar refractivity (Wildman–Crippen MR) is 72.3 cm³/mol. The molecule has 0 aliphatic carbocycles. The van der Waals surface area contributed by atoms with Gasteiger partial charge >= 0.3 is 0 Å². The molecule has 0 radical (unpaired) electrons. The topological polar surface area (TPSA) is 52.5 Å². The average Bonchev–Trinajstić information content (AvgIpc) is 2.70. The van der Waals surface area contributed by atoms with Crippen LogP contribution in [0.1, 0.15) is 10.4 Å². The van der Waals surface area contributed by atoms with Crippen LogP contribution < -0.4 is 5.32 Å². The van der Waals surface area contributed by atoms with E-state index in [4.69, 9.17) is 0 Å². The number of rotatable bonds is 4. The molecule has 1 heterocycles. The number of hydrogen-bond acceptors (Lipinski definition) is 4. The molecule has 0 atom stereocenters. The summed E-state index contributed by atoms with van der Waals surface area (Å²) in [6, 6.07) is 6.86. The highest BCUT2D eigenvalue weighted by Crippen LogP contribution is 2.25. The lowest BCUT2D eigenvalue weighted by Crippen LogP contribution is -2.11. The summed E-state index contributed by atoms with van der Waals surface area (Å²) < 4.78 is 1.11. The zero-order valence-electron chi connectivity index (χ0n) is 8.98. The maximum atomic E-state index is 9.34. The van der Waals surface area contributed by atoms with Crippen LogP contribution in [0, 0.1) is 0 Å². The van der Waals surface area contributed by atoms with Gasteiger partial charge in [0.2, 0.25) is 0 Å². The summed E-state index contributed by atoms with van der Waals surface area (Å²) >= 11 is 5.16. The Kier molecular flexibility index (Phi) is 4.04. The summed E-state index contributed by atoms with van der Waals surface area (Å²) in [5, 5.41) is 23.8. The summed E-state index contributed by atoms with van der Waals surface area (Å²) in [4.78, 5) is 1.24. The van der Waals surface area contributed by atoms with Crippen molar-refractivity contribution in [2.45, 2.75) is 13.1 Å². The van der Waals surface area contributed by atoms with E-state index in [0.717, 1.165) is 16.6 Å². The van der Waals surface area contributed by atoms with Gasteiger partial charge in [-0.1, -0.05) is 6.07 Å². The molecule has 3 nitrogen and oxygen atoms in total. The van der Waals surface area contributed by atoms with E-state index in [0.29, 0.717) is 6.54 Å². The first-order valence-electron chi connectivity index (χ1n) is 5.10. The second-order valence-corrected chi connectivity index (χ2v) is 5.47. The molecule has 17 heavy (non-hydrogen) atoms.